The molecule has 0 bridgehead atoms. The Hall–Kier alpha value is -3.77. The van der Waals surface area contributed by atoms with Crippen LogP contribution in [0.1, 0.15) is 18.1 Å². The molecule has 0 aromatic heterocycles. The molecule has 0 heterocycles. The zero-order chi connectivity index (χ0) is 26.8. The molecule has 11 nitrogen and oxygen atoms in total. The normalized spacial score (nSPS) is 14.1. The number of carbonyl (C=O) groups excluding carboxylic acids is 3. The molecule has 0 saturated carbocycles. The monoisotopic (exact) mass is 518 g/mol. The van der Waals surface area contributed by atoms with Crippen LogP contribution in [0.3, 0.4) is 0 Å². The Labute approximate surface area is 213 Å². The molecule has 0 aliphatic rings. The molecule has 2 rings (SSSR count). The fraction of sp³-hybridized carbons (Fsp3) is 0.333. The second kappa shape index (κ2) is 13.4. The molecule has 0 radical (unpaired) electrons. The standard InChI is InChI=1S/C24H30N4O7S/c1-13(25)21(31)28-20(12-36)23(33)26-18(10-14-2-6-16(29)7-3-14)22(32)27-19(24(34)35)11-15-4-8-17(30)9-5-15/h2-9,13,18-20,29-30,36H,10-12,25H2,1H3,(H,26,33)(H,27,32)(H,28,31)(H,34,35). The summed E-state index contributed by atoms with van der Waals surface area (Å²) in [5, 5.41) is 36.0. The second-order valence-electron chi connectivity index (χ2n) is 8.23. The molecule has 4 unspecified atom stereocenters. The van der Waals surface area contributed by atoms with Crippen LogP contribution >= 0.6 is 12.6 Å². The van der Waals surface area contributed by atoms with Gasteiger partial charge in [0.15, 0.2) is 0 Å². The molecule has 2 aromatic carbocycles. The highest BCUT2D eigenvalue weighted by atomic mass is 32.1. The summed E-state index contributed by atoms with van der Waals surface area (Å²) < 4.78 is 0. The van der Waals surface area contributed by atoms with Gasteiger partial charge >= 0.3 is 5.97 Å². The van der Waals surface area contributed by atoms with Crippen molar-refractivity contribution in [3.05, 3.63) is 59.7 Å². The molecule has 36 heavy (non-hydrogen) atoms. The van der Waals surface area contributed by atoms with E-state index >= 15 is 0 Å². The van der Waals surface area contributed by atoms with Crippen LogP contribution in [-0.4, -0.2) is 68.9 Å². The summed E-state index contributed by atoms with van der Waals surface area (Å²) in [5.74, 6) is -3.38. The SMILES string of the molecule is CC(N)C(=O)NC(CS)C(=O)NC(Cc1ccc(O)cc1)C(=O)NC(Cc1ccc(O)cc1)C(=O)O. The van der Waals surface area contributed by atoms with Crippen molar-refractivity contribution in [2.75, 3.05) is 5.75 Å². The maximum Gasteiger partial charge on any atom is 0.326 e. The molecule has 0 aliphatic heterocycles. The molecular weight excluding hydrogens is 488 g/mol. The summed E-state index contributed by atoms with van der Waals surface area (Å²) in [7, 11) is 0. The maximum atomic E-state index is 13.1. The average molecular weight is 519 g/mol. The number of carboxylic acid groups (broad SMARTS) is 1. The van der Waals surface area contributed by atoms with E-state index in [1.807, 2.05) is 0 Å². The van der Waals surface area contributed by atoms with Crippen LogP contribution in [0.5, 0.6) is 11.5 Å². The van der Waals surface area contributed by atoms with Gasteiger partial charge in [0.25, 0.3) is 0 Å². The van der Waals surface area contributed by atoms with Gasteiger partial charge in [-0.25, -0.2) is 4.79 Å². The van der Waals surface area contributed by atoms with Gasteiger partial charge in [-0.3, -0.25) is 14.4 Å². The number of aliphatic carboxylic acids is 1. The molecule has 3 amide bonds. The number of carboxylic acids is 1. The number of thiol groups is 1. The second-order valence-corrected chi connectivity index (χ2v) is 8.60. The minimum absolute atomic E-state index is 0.0115. The third kappa shape index (κ3) is 8.78. The molecule has 8 N–H and O–H groups in total. The topological polar surface area (TPSA) is 191 Å². The number of hydrogen-bond acceptors (Lipinski definition) is 8. The van der Waals surface area contributed by atoms with Crippen molar-refractivity contribution < 1.29 is 34.5 Å². The quantitative estimate of drug-likeness (QED) is 0.176. The van der Waals surface area contributed by atoms with E-state index in [2.05, 4.69) is 28.6 Å². The van der Waals surface area contributed by atoms with E-state index in [4.69, 9.17) is 5.73 Å². The van der Waals surface area contributed by atoms with E-state index in [0.29, 0.717) is 11.1 Å². The lowest BCUT2D eigenvalue weighted by Gasteiger charge is -2.24. The summed E-state index contributed by atoms with van der Waals surface area (Å²) in [4.78, 5) is 49.8. The van der Waals surface area contributed by atoms with Crippen molar-refractivity contribution in [2.24, 2.45) is 5.73 Å². The molecule has 0 fully saturated rings. The number of amides is 3. The van der Waals surface area contributed by atoms with Gasteiger partial charge in [0.05, 0.1) is 6.04 Å². The van der Waals surface area contributed by atoms with Gasteiger partial charge in [0.1, 0.15) is 29.6 Å². The Bertz CT molecular complexity index is 1060. The summed E-state index contributed by atoms with van der Waals surface area (Å²) in [5.41, 5.74) is 6.68. The van der Waals surface area contributed by atoms with Crippen LogP contribution in [0, 0.1) is 0 Å². The van der Waals surface area contributed by atoms with Crippen LogP contribution < -0.4 is 21.7 Å². The smallest absolute Gasteiger partial charge is 0.326 e. The first kappa shape index (κ1) is 28.5. The summed E-state index contributed by atoms with van der Waals surface area (Å²) in [6, 6.07) is 7.32. The Morgan fingerprint density at radius 2 is 1.14 bits per heavy atom. The zero-order valence-corrected chi connectivity index (χ0v) is 20.4. The molecule has 0 spiro atoms. The fourth-order valence-electron chi connectivity index (χ4n) is 3.19. The van der Waals surface area contributed by atoms with Gasteiger partial charge in [-0.1, -0.05) is 24.3 Å². The largest absolute Gasteiger partial charge is 0.508 e. The third-order valence-corrected chi connectivity index (χ3v) is 5.59. The maximum absolute atomic E-state index is 13.1. The Kier molecular flexibility index (Phi) is 10.6. The number of aromatic hydroxyl groups is 2. The van der Waals surface area contributed by atoms with Crippen LogP contribution in [0.25, 0.3) is 0 Å². The third-order valence-electron chi connectivity index (χ3n) is 5.23. The lowest BCUT2D eigenvalue weighted by atomic mass is 10.0. The van der Waals surface area contributed by atoms with Crippen molar-refractivity contribution in [2.45, 2.75) is 43.9 Å². The van der Waals surface area contributed by atoms with Gasteiger partial charge in [-0.15, -0.1) is 0 Å². The van der Waals surface area contributed by atoms with Crippen molar-refractivity contribution in [1.29, 1.82) is 0 Å². The Morgan fingerprint density at radius 3 is 1.56 bits per heavy atom. The highest BCUT2D eigenvalue weighted by Gasteiger charge is 2.30. The number of hydrogen-bond donors (Lipinski definition) is 8. The minimum atomic E-state index is -1.32. The number of phenols is 2. The molecule has 2 aromatic rings. The van der Waals surface area contributed by atoms with E-state index in [1.54, 1.807) is 12.1 Å². The first-order valence-electron chi connectivity index (χ1n) is 11.1. The molecule has 12 heteroatoms. The number of benzene rings is 2. The van der Waals surface area contributed by atoms with Gasteiger partial charge in [-0.2, -0.15) is 12.6 Å². The highest BCUT2D eigenvalue weighted by Crippen LogP contribution is 2.14. The predicted molar refractivity (Wildman–Crippen MR) is 135 cm³/mol. The van der Waals surface area contributed by atoms with E-state index in [9.17, 15) is 34.5 Å². The van der Waals surface area contributed by atoms with E-state index in [1.165, 1.54) is 43.3 Å². The lowest BCUT2D eigenvalue weighted by Crippen LogP contribution is -2.58. The van der Waals surface area contributed by atoms with Gasteiger partial charge in [-0.05, 0) is 42.3 Å². The van der Waals surface area contributed by atoms with Crippen LogP contribution in [-0.2, 0) is 32.0 Å². The van der Waals surface area contributed by atoms with Crippen LogP contribution in [0.2, 0.25) is 0 Å². The summed E-state index contributed by atoms with van der Waals surface area (Å²) in [6.07, 6.45) is -0.0884. The summed E-state index contributed by atoms with van der Waals surface area (Å²) >= 11 is 4.09. The van der Waals surface area contributed by atoms with E-state index in [0.717, 1.165) is 0 Å². The van der Waals surface area contributed by atoms with Crippen LogP contribution in [0.4, 0.5) is 0 Å². The predicted octanol–water partition coefficient (Wildman–Crippen LogP) is -0.301. The Morgan fingerprint density at radius 1 is 0.750 bits per heavy atom. The van der Waals surface area contributed by atoms with Crippen LogP contribution in [0.15, 0.2) is 48.5 Å². The van der Waals surface area contributed by atoms with Gasteiger partial charge in [0.2, 0.25) is 17.7 Å². The number of rotatable bonds is 12. The number of nitrogens with one attached hydrogen (secondary N) is 3. The van der Waals surface area contributed by atoms with Gasteiger partial charge < -0.3 is 37.0 Å². The van der Waals surface area contributed by atoms with Crippen molar-refractivity contribution in [3.8, 4) is 11.5 Å². The highest BCUT2D eigenvalue weighted by molar-refractivity contribution is 7.80. The molecule has 0 aliphatic carbocycles. The fourth-order valence-corrected chi connectivity index (χ4v) is 3.44. The lowest BCUT2D eigenvalue weighted by molar-refractivity contribution is -0.142. The first-order valence-corrected chi connectivity index (χ1v) is 11.7. The first-order chi connectivity index (χ1) is 17.0. The van der Waals surface area contributed by atoms with E-state index < -0.39 is 47.9 Å². The van der Waals surface area contributed by atoms with Gasteiger partial charge in [0, 0.05) is 18.6 Å². The molecule has 194 valence electrons. The molecular formula is C24H30N4O7S. The minimum Gasteiger partial charge on any atom is -0.508 e. The number of carbonyl (C=O) groups is 4. The van der Waals surface area contributed by atoms with Crippen molar-refractivity contribution in [1.82, 2.24) is 16.0 Å². The average Bonchev–Trinajstić information content (AvgIpc) is 2.83. The number of phenolic OH excluding ortho intramolecular Hbond substituents is 2. The Balaban J connectivity index is 2.22. The zero-order valence-electron chi connectivity index (χ0n) is 19.5. The van der Waals surface area contributed by atoms with Crippen molar-refractivity contribution >= 4 is 36.3 Å². The molecule has 0 saturated heterocycles. The molecule has 4 atom stereocenters. The van der Waals surface area contributed by atoms with E-state index in [-0.39, 0.29) is 30.1 Å². The number of nitrogens with two attached hydrogens (primary N) is 1. The van der Waals surface area contributed by atoms with Crippen molar-refractivity contribution in [3.63, 3.8) is 0 Å². The summed E-state index contributed by atoms with van der Waals surface area (Å²) in [6.45, 7) is 1.45.